The highest BCUT2D eigenvalue weighted by atomic mass is 19.4. The second-order valence-electron chi connectivity index (χ2n) is 7.42. The average molecular weight is 451 g/mol. The minimum absolute atomic E-state index is 0.0128. The van der Waals surface area contributed by atoms with Gasteiger partial charge in [0.05, 0.1) is 0 Å². The van der Waals surface area contributed by atoms with Crippen LogP contribution in [-0.4, -0.2) is 55.4 Å². The van der Waals surface area contributed by atoms with Gasteiger partial charge >= 0.3 is 12.1 Å². The van der Waals surface area contributed by atoms with E-state index in [-0.39, 0.29) is 5.91 Å². The smallest absolute Gasteiger partial charge is 0.475 e. The van der Waals surface area contributed by atoms with E-state index < -0.39 is 12.1 Å². The molecule has 32 heavy (non-hydrogen) atoms. The summed E-state index contributed by atoms with van der Waals surface area (Å²) < 4.78 is 31.7. The van der Waals surface area contributed by atoms with Crippen molar-refractivity contribution in [3.05, 3.63) is 65.7 Å². The summed E-state index contributed by atoms with van der Waals surface area (Å²) in [4.78, 5) is 23.5. The van der Waals surface area contributed by atoms with Crippen LogP contribution in [0.2, 0.25) is 0 Å². The molecule has 0 radical (unpaired) electrons. The molecule has 2 aromatic carbocycles. The van der Waals surface area contributed by atoms with Crippen LogP contribution in [0.25, 0.3) is 0 Å². The number of carboxylic acid groups (broad SMARTS) is 1. The molecule has 0 aromatic heterocycles. The van der Waals surface area contributed by atoms with Gasteiger partial charge in [0.25, 0.3) is 5.91 Å². The number of halogens is 3. The third-order valence-electron chi connectivity index (χ3n) is 5.09. The van der Waals surface area contributed by atoms with Gasteiger partial charge in [-0.3, -0.25) is 4.79 Å². The van der Waals surface area contributed by atoms with E-state index in [1.165, 1.54) is 5.69 Å². The third kappa shape index (κ3) is 8.22. The van der Waals surface area contributed by atoms with Crippen molar-refractivity contribution in [1.82, 2.24) is 10.6 Å². The normalized spacial score (nSPS) is 14.3. The van der Waals surface area contributed by atoms with Crippen LogP contribution in [0.5, 0.6) is 0 Å². The van der Waals surface area contributed by atoms with E-state index in [1.807, 2.05) is 31.2 Å². The first-order valence-corrected chi connectivity index (χ1v) is 10.4. The first-order chi connectivity index (χ1) is 15.2. The molecular weight excluding hydrogens is 423 g/mol. The molecule has 6 nitrogen and oxygen atoms in total. The monoisotopic (exact) mass is 451 g/mol. The number of carboxylic acids is 1. The minimum Gasteiger partial charge on any atom is -0.475 e. The van der Waals surface area contributed by atoms with Crippen molar-refractivity contribution in [2.75, 3.05) is 31.1 Å². The number of amides is 1. The number of hydrogen-bond acceptors (Lipinski definition) is 4. The van der Waals surface area contributed by atoms with E-state index >= 15 is 0 Å². The van der Waals surface area contributed by atoms with Gasteiger partial charge in [-0.15, -0.1) is 0 Å². The number of anilines is 1. The second kappa shape index (κ2) is 12.1. The highest BCUT2D eigenvalue weighted by Gasteiger charge is 2.38. The van der Waals surface area contributed by atoms with Gasteiger partial charge in [0.1, 0.15) is 0 Å². The maximum Gasteiger partial charge on any atom is 0.490 e. The predicted molar refractivity (Wildman–Crippen MR) is 117 cm³/mol. The summed E-state index contributed by atoms with van der Waals surface area (Å²) in [5.41, 5.74) is 3.09. The Morgan fingerprint density at radius 2 is 1.56 bits per heavy atom. The molecule has 0 spiro atoms. The van der Waals surface area contributed by atoms with Crippen molar-refractivity contribution in [3.8, 4) is 0 Å². The number of carbonyl (C=O) groups excluding carboxylic acids is 1. The molecule has 0 aliphatic carbocycles. The Hall–Kier alpha value is -3.07. The van der Waals surface area contributed by atoms with Crippen LogP contribution in [0.15, 0.2) is 54.6 Å². The quantitative estimate of drug-likeness (QED) is 0.585. The Morgan fingerprint density at radius 1 is 1.00 bits per heavy atom. The first-order valence-electron chi connectivity index (χ1n) is 10.4. The Bertz CT molecular complexity index is 868. The molecule has 2 aromatic rings. The Kier molecular flexibility index (Phi) is 9.52. The van der Waals surface area contributed by atoms with Gasteiger partial charge in [-0.1, -0.05) is 36.4 Å². The number of rotatable bonds is 6. The van der Waals surface area contributed by atoms with Crippen molar-refractivity contribution in [1.29, 1.82) is 0 Å². The lowest BCUT2D eigenvalue weighted by Crippen LogP contribution is -2.44. The number of para-hydroxylation sites is 1. The maximum absolute atomic E-state index is 12.2. The topological polar surface area (TPSA) is 81.7 Å². The van der Waals surface area contributed by atoms with Crippen molar-refractivity contribution in [2.24, 2.45) is 0 Å². The summed E-state index contributed by atoms with van der Waals surface area (Å²) in [5, 5.41) is 13.7. The van der Waals surface area contributed by atoms with Crippen molar-refractivity contribution in [3.63, 3.8) is 0 Å². The van der Waals surface area contributed by atoms with Crippen LogP contribution in [0.1, 0.15) is 28.8 Å². The van der Waals surface area contributed by atoms with E-state index in [0.29, 0.717) is 12.6 Å². The van der Waals surface area contributed by atoms with Gasteiger partial charge in [-0.2, -0.15) is 13.2 Å². The second-order valence-corrected chi connectivity index (χ2v) is 7.42. The van der Waals surface area contributed by atoms with Crippen LogP contribution in [0.4, 0.5) is 18.9 Å². The molecule has 0 saturated carbocycles. The standard InChI is InChI=1S/C21H27N3O.C2HF3O2/c1-17-7-5-6-10-20(17)21(25)23-14-13-22-18-11-15-24(16-12-18)19-8-3-2-4-9-19;3-2(4,5)1(6)7/h2-10,18,22H,11-16H2,1H3,(H,23,25);(H,6,7). The SMILES string of the molecule is Cc1ccccc1C(=O)NCCNC1CCN(c2ccccc2)CC1.O=C(O)C(F)(F)F. The zero-order chi connectivity index (χ0) is 23.6. The third-order valence-corrected chi connectivity index (χ3v) is 5.09. The molecule has 1 aliphatic rings. The molecule has 9 heteroatoms. The molecule has 174 valence electrons. The minimum atomic E-state index is -5.08. The fourth-order valence-electron chi connectivity index (χ4n) is 3.36. The van der Waals surface area contributed by atoms with Gasteiger partial charge in [0.15, 0.2) is 0 Å². The summed E-state index contributed by atoms with van der Waals surface area (Å²) in [7, 11) is 0. The van der Waals surface area contributed by atoms with E-state index in [4.69, 9.17) is 9.90 Å². The summed E-state index contributed by atoms with van der Waals surface area (Å²) in [6, 6.07) is 18.8. The summed E-state index contributed by atoms with van der Waals surface area (Å²) in [6.45, 7) is 5.60. The van der Waals surface area contributed by atoms with Crippen LogP contribution in [-0.2, 0) is 4.79 Å². The predicted octanol–water partition coefficient (Wildman–Crippen LogP) is 3.62. The van der Waals surface area contributed by atoms with E-state index in [0.717, 1.165) is 43.6 Å². The molecule has 1 amide bonds. The number of aliphatic carboxylic acids is 1. The molecule has 1 heterocycles. The Labute approximate surface area is 185 Å². The molecule has 0 bridgehead atoms. The number of hydrogen-bond donors (Lipinski definition) is 3. The zero-order valence-corrected chi connectivity index (χ0v) is 17.9. The number of nitrogens with zero attached hydrogens (tertiary/aromatic N) is 1. The Balaban J connectivity index is 0.000000451. The first kappa shape index (κ1) is 25.2. The molecule has 1 aliphatic heterocycles. The van der Waals surface area contributed by atoms with Gasteiger partial charge in [0.2, 0.25) is 0 Å². The van der Waals surface area contributed by atoms with Crippen LogP contribution >= 0.6 is 0 Å². The number of alkyl halides is 3. The van der Waals surface area contributed by atoms with Crippen LogP contribution < -0.4 is 15.5 Å². The van der Waals surface area contributed by atoms with E-state index in [1.54, 1.807) is 0 Å². The molecule has 3 rings (SSSR count). The molecule has 0 atom stereocenters. The number of nitrogens with one attached hydrogen (secondary N) is 2. The van der Waals surface area contributed by atoms with Crippen molar-refractivity contribution in [2.45, 2.75) is 32.0 Å². The Morgan fingerprint density at radius 3 is 2.12 bits per heavy atom. The average Bonchev–Trinajstić information content (AvgIpc) is 2.78. The number of piperidine rings is 1. The van der Waals surface area contributed by atoms with Crippen LogP contribution in [0.3, 0.4) is 0 Å². The fourth-order valence-corrected chi connectivity index (χ4v) is 3.36. The summed E-state index contributed by atoms with van der Waals surface area (Å²) in [6.07, 6.45) is -2.80. The zero-order valence-electron chi connectivity index (χ0n) is 17.9. The lowest BCUT2D eigenvalue weighted by Gasteiger charge is -2.34. The molecule has 1 fully saturated rings. The van der Waals surface area contributed by atoms with E-state index in [9.17, 15) is 18.0 Å². The maximum atomic E-state index is 12.2. The van der Waals surface area contributed by atoms with Gasteiger partial charge < -0.3 is 20.6 Å². The van der Waals surface area contributed by atoms with E-state index in [2.05, 4.69) is 45.9 Å². The van der Waals surface area contributed by atoms with Crippen molar-refractivity contribution < 1.29 is 27.9 Å². The molecule has 0 unspecified atom stereocenters. The number of carbonyl (C=O) groups is 2. The molecule has 3 N–H and O–H groups in total. The summed E-state index contributed by atoms with van der Waals surface area (Å²) in [5.74, 6) is -2.74. The largest absolute Gasteiger partial charge is 0.490 e. The molecule has 1 saturated heterocycles. The molecular formula is C23H28F3N3O3. The lowest BCUT2D eigenvalue weighted by molar-refractivity contribution is -0.192. The van der Waals surface area contributed by atoms with Gasteiger partial charge in [0, 0.05) is 43.5 Å². The van der Waals surface area contributed by atoms with Gasteiger partial charge in [-0.25, -0.2) is 4.79 Å². The number of benzene rings is 2. The highest BCUT2D eigenvalue weighted by molar-refractivity contribution is 5.95. The number of aryl methyl sites for hydroxylation is 1. The van der Waals surface area contributed by atoms with Gasteiger partial charge in [-0.05, 0) is 43.5 Å². The fraction of sp³-hybridized carbons (Fsp3) is 0.391. The highest BCUT2D eigenvalue weighted by Crippen LogP contribution is 2.19. The summed E-state index contributed by atoms with van der Waals surface area (Å²) >= 11 is 0. The lowest BCUT2D eigenvalue weighted by atomic mass is 10.0. The van der Waals surface area contributed by atoms with Crippen molar-refractivity contribution >= 4 is 17.6 Å². The van der Waals surface area contributed by atoms with Crippen LogP contribution in [0, 0.1) is 6.92 Å².